The zero-order chi connectivity index (χ0) is 41.9. The maximum Gasteiger partial charge on any atom is 0.311 e. The first-order chi connectivity index (χ1) is 26.2. The number of hydrogen-bond donors (Lipinski definition) is 2. The molecule has 2 N–H and O–H groups in total. The van der Waals surface area contributed by atoms with Gasteiger partial charge in [0.15, 0.2) is 12.6 Å². The van der Waals surface area contributed by atoms with Crippen LogP contribution in [0, 0.1) is 17.8 Å². The van der Waals surface area contributed by atoms with Crippen molar-refractivity contribution in [2.75, 3.05) is 34.4 Å². The van der Waals surface area contributed by atoms with Gasteiger partial charge in [-0.05, 0) is 93.8 Å². The lowest BCUT2D eigenvalue weighted by molar-refractivity contribution is -0.319. The third kappa shape index (κ3) is 9.96. The van der Waals surface area contributed by atoms with E-state index in [9.17, 15) is 15.0 Å². The standard InChI is InChI=1S/C43H77NO12/c1-16-19-49-31(18-3)43(12,47)37-26(6)34-24(4)22-42(11,56-34)36(55-40-33(45)30(44(13)14)21-25(5)51-40)27(7)35(28(8)39(46)54-37)53-32-23-41(10,48-15)38(29(9)52-32)50-20-17-2/h25-33,35-38,40,45,47H,16-23H2,1-15H3/t25-,26+,27+,28-,29+,30+,31-,32?,33-,35+,36-,37-,38+,40?,41-,42-,43-/m1/s1. The maximum absolute atomic E-state index is 14.7. The highest BCUT2D eigenvalue weighted by Gasteiger charge is 2.57. The van der Waals surface area contributed by atoms with Crippen LogP contribution in [-0.2, 0) is 47.4 Å². The molecular formula is C43H77NO12. The molecule has 326 valence electrons. The summed E-state index contributed by atoms with van der Waals surface area (Å²) in [5.74, 6) is -1.85. The van der Waals surface area contributed by atoms with Crippen LogP contribution in [0.3, 0.4) is 0 Å². The van der Waals surface area contributed by atoms with Crippen LogP contribution in [0.2, 0.25) is 0 Å². The predicted molar refractivity (Wildman–Crippen MR) is 212 cm³/mol. The number of aliphatic hydroxyl groups excluding tert-OH is 1. The largest absolute Gasteiger partial charge is 0.488 e. The molecule has 4 aliphatic heterocycles. The molecule has 2 unspecified atom stereocenters. The first-order valence-electron chi connectivity index (χ1n) is 21.3. The van der Waals surface area contributed by atoms with Gasteiger partial charge in [-0.2, -0.15) is 0 Å². The van der Waals surface area contributed by atoms with E-state index < -0.39 is 83.6 Å². The van der Waals surface area contributed by atoms with Gasteiger partial charge in [-0.1, -0.05) is 34.6 Å². The molecule has 0 spiro atoms. The molecule has 0 amide bonds. The van der Waals surface area contributed by atoms with E-state index in [1.165, 1.54) is 0 Å². The maximum atomic E-state index is 14.7. The van der Waals surface area contributed by atoms with Gasteiger partial charge in [0, 0.05) is 45.1 Å². The van der Waals surface area contributed by atoms with E-state index in [0.717, 1.165) is 18.4 Å². The van der Waals surface area contributed by atoms with Gasteiger partial charge in [-0.3, -0.25) is 4.79 Å². The number of methoxy groups -OCH3 is 1. The topological polar surface area (TPSA) is 144 Å². The highest BCUT2D eigenvalue weighted by molar-refractivity contribution is 5.73. The molecule has 0 aromatic heterocycles. The van der Waals surface area contributed by atoms with Gasteiger partial charge < -0.3 is 57.7 Å². The SMILES string of the molecule is CCCO[C@H](CC)[C@@](C)(O)[C@@H]1OC(=O)[C@H](C)[C@@H](OC2C[C@@](C)(OC)[C@@H](OCCC)[C@H](C)O2)[C@H](C)[C@@H](OC2O[C@H](C)C[C@H](N(C)C)[C@H]2O)[C@@]2(C)CC(C)=C(O2)[C@@H]1C. The first kappa shape index (κ1) is 47.3. The Balaban J connectivity index is 1.83. The molecule has 0 aromatic rings. The van der Waals surface area contributed by atoms with Crippen LogP contribution >= 0.6 is 0 Å². The number of likely N-dealkylation sites (N-methyl/N-ethyl adjacent to an activating group) is 1. The molecule has 0 aliphatic carbocycles. The Kier molecular flexibility index (Phi) is 16.3. The third-order valence-electron chi connectivity index (χ3n) is 12.9. The first-order valence-corrected chi connectivity index (χ1v) is 21.3. The summed E-state index contributed by atoms with van der Waals surface area (Å²) in [5, 5.41) is 24.1. The van der Waals surface area contributed by atoms with Crippen molar-refractivity contribution in [3.8, 4) is 0 Å². The fourth-order valence-electron chi connectivity index (χ4n) is 9.81. The van der Waals surface area contributed by atoms with Gasteiger partial charge in [0.05, 0.1) is 41.9 Å². The van der Waals surface area contributed by atoms with Crippen molar-refractivity contribution in [3.63, 3.8) is 0 Å². The Labute approximate surface area is 337 Å². The van der Waals surface area contributed by atoms with E-state index in [2.05, 4.69) is 6.92 Å². The fourth-order valence-corrected chi connectivity index (χ4v) is 9.81. The predicted octanol–water partition coefficient (Wildman–Crippen LogP) is 5.76. The molecule has 4 rings (SSSR count). The quantitative estimate of drug-likeness (QED) is 0.194. The van der Waals surface area contributed by atoms with E-state index in [1.807, 2.05) is 81.3 Å². The third-order valence-corrected chi connectivity index (χ3v) is 12.9. The lowest BCUT2D eigenvalue weighted by Gasteiger charge is -2.49. The molecule has 4 aliphatic rings. The Morgan fingerprint density at radius 1 is 0.982 bits per heavy atom. The second-order valence-corrected chi connectivity index (χ2v) is 18.0. The number of carbonyl (C=O) groups excluding carboxylic acids is 1. The number of nitrogens with zero attached hydrogens (tertiary/aromatic N) is 1. The summed E-state index contributed by atoms with van der Waals surface area (Å²) in [6.45, 7) is 24.4. The van der Waals surface area contributed by atoms with Gasteiger partial charge in [0.25, 0.3) is 0 Å². The van der Waals surface area contributed by atoms with Gasteiger partial charge in [-0.15, -0.1) is 0 Å². The minimum atomic E-state index is -1.58. The van der Waals surface area contributed by atoms with Crippen molar-refractivity contribution in [3.05, 3.63) is 11.3 Å². The van der Waals surface area contributed by atoms with Crippen molar-refractivity contribution < 1.29 is 57.6 Å². The van der Waals surface area contributed by atoms with Crippen molar-refractivity contribution in [2.24, 2.45) is 17.8 Å². The molecule has 0 aromatic carbocycles. The number of esters is 1. The van der Waals surface area contributed by atoms with Crippen LogP contribution in [-0.4, -0.2) is 140 Å². The van der Waals surface area contributed by atoms with Crippen LogP contribution in [0.25, 0.3) is 0 Å². The number of ether oxygens (including phenoxy) is 9. The van der Waals surface area contributed by atoms with E-state index in [1.54, 1.807) is 21.0 Å². The molecule has 0 radical (unpaired) electrons. The van der Waals surface area contributed by atoms with Crippen LogP contribution in [0.5, 0.6) is 0 Å². The summed E-state index contributed by atoms with van der Waals surface area (Å²) in [6, 6.07) is -0.202. The van der Waals surface area contributed by atoms with Crippen LogP contribution in [0.15, 0.2) is 11.3 Å². The molecule has 4 heterocycles. The second kappa shape index (κ2) is 19.3. The van der Waals surface area contributed by atoms with Crippen LogP contribution < -0.4 is 0 Å². The number of carbonyl (C=O) groups is 1. The summed E-state index contributed by atoms with van der Waals surface area (Å²) in [4.78, 5) is 16.7. The molecule has 0 saturated carbocycles. The zero-order valence-corrected chi connectivity index (χ0v) is 37.2. The van der Waals surface area contributed by atoms with Gasteiger partial charge in [0.1, 0.15) is 41.4 Å². The molecule has 2 bridgehead atoms. The van der Waals surface area contributed by atoms with E-state index in [-0.39, 0.29) is 24.4 Å². The molecule has 3 fully saturated rings. The van der Waals surface area contributed by atoms with Gasteiger partial charge >= 0.3 is 5.97 Å². The number of hydrogen-bond acceptors (Lipinski definition) is 13. The molecule has 56 heavy (non-hydrogen) atoms. The molecule has 3 saturated heterocycles. The highest BCUT2D eigenvalue weighted by atomic mass is 16.7. The van der Waals surface area contributed by atoms with E-state index >= 15 is 0 Å². The van der Waals surface area contributed by atoms with Gasteiger partial charge in [0.2, 0.25) is 0 Å². The van der Waals surface area contributed by atoms with Crippen LogP contribution in [0.4, 0.5) is 0 Å². The van der Waals surface area contributed by atoms with Crippen molar-refractivity contribution >= 4 is 5.97 Å². The molecule has 17 atom stereocenters. The van der Waals surface area contributed by atoms with E-state index in [4.69, 9.17) is 42.6 Å². The summed E-state index contributed by atoms with van der Waals surface area (Å²) in [5.41, 5.74) is -2.35. The summed E-state index contributed by atoms with van der Waals surface area (Å²) < 4.78 is 58.9. The normalized spacial score (nSPS) is 42.8. The minimum Gasteiger partial charge on any atom is -0.488 e. The van der Waals surface area contributed by atoms with Crippen molar-refractivity contribution in [2.45, 2.75) is 206 Å². The monoisotopic (exact) mass is 800 g/mol. The Bertz CT molecular complexity index is 1310. The lowest BCUT2D eigenvalue weighted by atomic mass is 9.78. The Hall–Kier alpha value is -1.39. The lowest BCUT2D eigenvalue weighted by Crippen LogP contribution is -2.60. The van der Waals surface area contributed by atoms with Gasteiger partial charge in [-0.25, -0.2) is 0 Å². The molecule has 13 nitrogen and oxygen atoms in total. The summed E-state index contributed by atoms with van der Waals surface area (Å²) >= 11 is 0. The van der Waals surface area contributed by atoms with Crippen molar-refractivity contribution in [1.29, 1.82) is 0 Å². The second-order valence-electron chi connectivity index (χ2n) is 18.0. The number of aliphatic hydroxyl groups is 2. The summed E-state index contributed by atoms with van der Waals surface area (Å²) in [6.07, 6.45) is -3.25. The minimum absolute atomic E-state index is 0.182. The highest BCUT2D eigenvalue weighted by Crippen LogP contribution is 2.48. The number of rotatable bonds is 15. The van der Waals surface area contributed by atoms with Crippen molar-refractivity contribution in [1.82, 2.24) is 4.90 Å². The average molecular weight is 800 g/mol. The molecular weight excluding hydrogens is 722 g/mol. The number of cyclic esters (lactones) is 1. The van der Waals surface area contributed by atoms with E-state index in [0.29, 0.717) is 44.7 Å². The Morgan fingerprint density at radius 2 is 1.64 bits per heavy atom. The smallest absolute Gasteiger partial charge is 0.311 e. The zero-order valence-electron chi connectivity index (χ0n) is 37.2. The Morgan fingerprint density at radius 3 is 2.23 bits per heavy atom. The average Bonchev–Trinajstić information content (AvgIpc) is 3.45. The number of fused-ring (bicyclic) bond motifs is 2. The molecule has 13 heteroatoms. The van der Waals surface area contributed by atoms with Crippen LogP contribution in [0.1, 0.15) is 122 Å². The summed E-state index contributed by atoms with van der Waals surface area (Å²) in [7, 11) is 5.55. The fraction of sp³-hybridized carbons (Fsp3) is 0.930.